The number of halogens is 3. The van der Waals surface area contributed by atoms with Gasteiger partial charge in [0, 0.05) is 14.3 Å². The molecule has 24 heavy (non-hydrogen) atoms. The molecule has 4 nitrogen and oxygen atoms in total. The molecule has 2 aromatic rings. The lowest BCUT2D eigenvalue weighted by atomic mass is 10.2. The third-order valence-corrected chi connectivity index (χ3v) is 4.88. The van der Waals surface area contributed by atoms with E-state index in [0.717, 1.165) is 8.47 Å². The average Bonchev–Trinajstić information content (AvgIpc) is 2.75. The van der Waals surface area contributed by atoms with Gasteiger partial charge < -0.3 is 5.32 Å². The smallest absolute Gasteiger partial charge is 0.279 e. The molecule has 0 atom stereocenters. The first-order valence-electron chi connectivity index (χ1n) is 6.99. The minimum atomic E-state index is -0.533. The molecule has 2 aromatic carbocycles. The van der Waals surface area contributed by atoms with Gasteiger partial charge in [-0.3, -0.25) is 14.5 Å². The summed E-state index contributed by atoms with van der Waals surface area (Å²) in [6, 6.07) is 14.5. The molecular formula is C17H11Cl2IN2O2. The molecule has 2 amide bonds. The summed E-state index contributed by atoms with van der Waals surface area (Å²) in [5.74, 6) is -1.00. The van der Waals surface area contributed by atoms with E-state index in [1.54, 1.807) is 30.3 Å². The van der Waals surface area contributed by atoms with E-state index < -0.39 is 11.8 Å². The number of hydrogen-bond donors (Lipinski definition) is 1. The minimum Gasteiger partial charge on any atom is -0.350 e. The zero-order valence-electron chi connectivity index (χ0n) is 12.2. The summed E-state index contributed by atoms with van der Waals surface area (Å²) in [6.07, 6.45) is 0. The molecule has 0 saturated heterocycles. The Hall–Kier alpha value is -1.57. The number of amides is 2. The van der Waals surface area contributed by atoms with Crippen LogP contribution in [-0.2, 0) is 16.1 Å². The predicted octanol–water partition coefficient (Wildman–Crippen LogP) is 4.38. The molecule has 122 valence electrons. The maximum absolute atomic E-state index is 12.6. The topological polar surface area (TPSA) is 49.4 Å². The summed E-state index contributed by atoms with van der Waals surface area (Å²) in [6.45, 7) is 0.0745. The van der Waals surface area contributed by atoms with E-state index >= 15 is 0 Å². The maximum Gasteiger partial charge on any atom is 0.279 e. The van der Waals surface area contributed by atoms with Gasteiger partial charge in [-0.1, -0.05) is 47.5 Å². The SMILES string of the molecule is O=C1C(Cl)=C(Nc2cccc(I)c2)C(=O)N1Cc1ccccc1Cl. The van der Waals surface area contributed by atoms with E-state index in [4.69, 9.17) is 23.2 Å². The zero-order chi connectivity index (χ0) is 17.3. The van der Waals surface area contributed by atoms with Crippen molar-refractivity contribution in [2.24, 2.45) is 0 Å². The van der Waals surface area contributed by atoms with Gasteiger partial charge in [0.1, 0.15) is 10.7 Å². The number of benzene rings is 2. The Morgan fingerprint density at radius 1 is 1.00 bits per heavy atom. The number of nitrogens with one attached hydrogen (secondary N) is 1. The molecule has 1 aliphatic rings. The third kappa shape index (κ3) is 3.43. The summed E-state index contributed by atoms with van der Waals surface area (Å²) in [7, 11) is 0. The number of carbonyl (C=O) groups excluding carboxylic acids is 2. The van der Waals surface area contributed by atoms with Crippen LogP contribution in [0.2, 0.25) is 5.02 Å². The van der Waals surface area contributed by atoms with Gasteiger partial charge in [0.2, 0.25) is 0 Å². The summed E-state index contributed by atoms with van der Waals surface area (Å²) >= 11 is 14.4. The summed E-state index contributed by atoms with van der Waals surface area (Å²) in [5.41, 5.74) is 1.45. The van der Waals surface area contributed by atoms with Crippen LogP contribution in [0.5, 0.6) is 0 Å². The summed E-state index contributed by atoms with van der Waals surface area (Å²) in [4.78, 5) is 26.0. The number of carbonyl (C=O) groups is 2. The van der Waals surface area contributed by atoms with Gasteiger partial charge in [-0.05, 0) is 52.4 Å². The number of rotatable bonds is 4. The fourth-order valence-electron chi connectivity index (χ4n) is 2.31. The highest BCUT2D eigenvalue weighted by molar-refractivity contribution is 14.1. The minimum absolute atomic E-state index is 0.0745. The highest BCUT2D eigenvalue weighted by Gasteiger charge is 2.38. The number of imide groups is 1. The first kappa shape index (κ1) is 17.3. The number of hydrogen-bond acceptors (Lipinski definition) is 3. The first-order valence-corrected chi connectivity index (χ1v) is 8.83. The van der Waals surface area contributed by atoms with E-state index in [2.05, 4.69) is 27.9 Å². The summed E-state index contributed by atoms with van der Waals surface area (Å²) in [5, 5.41) is 3.31. The van der Waals surface area contributed by atoms with E-state index in [-0.39, 0.29) is 17.3 Å². The van der Waals surface area contributed by atoms with Crippen molar-refractivity contribution in [3.8, 4) is 0 Å². The van der Waals surface area contributed by atoms with Crippen molar-refractivity contribution in [2.75, 3.05) is 5.32 Å². The Kier molecular flexibility index (Phi) is 5.12. The average molecular weight is 473 g/mol. The highest BCUT2D eigenvalue weighted by atomic mass is 127. The molecule has 1 aliphatic heterocycles. The van der Waals surface area contributed by atoms with Gasteiger partial charge >= 0.3 is 0 Å². The Morgan fingerprint density at radius 2 is 1.75 bits per heavy atom. The molecule has 0 spiro atoms. The van der Waals surface area contributed by atoms with Crippen LogP contribution < -0.4 is 5.32 Å². The van der Waals surface area contributed by atoms with Crippen molar-refractivity contribution in [2.45, 2.75) is 6.54 Å². The maximum atomic E-state index is 12.6. The van der Waals surface area contributed by atoms with E-state index in [1.165, 1.54) is 0 Å². The molecule has 0 fully saturated rings. The van der Waals surface area contributed by atoms with Gasteiger partial charge in [0.05, 0.1) is 6.54 Å². The van der Waals surface area contributed by atoms with Crippen molar-refractivity contribution in [1.82, 2.24) is 4.90 Å². The molecule has 0 aliphatic carbocycles. The molecule has 0 unspecified atom stereocenters. The summed E-state index contributed by atoms with van der Waals surface area (Å²) < 4.78 is 0.999. The molecule has 0 radical (unpaired) electrons. The van der Waals surface area contributed by atoms with Gasteiger partial charge in [-0.2, -0.15) is 0 Å². The lowest BCUT2D eigenvalue weighted by Crippen LogP contribution is -2.31. The van der Waals surface area contributed by atoms with Gasteiger partial charge in [0.25, 0.3) is 11.8 Å². The van der Waals surface area contributed by atoms with E-state index in [0.29, 0.717) is 16.3 Å². The highest BCUT2D eigenvalue weighted by Crippen LogP contribution is 2.28. The number of nitrogens with zero attached hydrogens (tertiary/aromatic N) is 1. The Bertz CT molecular complexity index is 867. The van der Waals surface area contributed by atoms with Crippen molar-refractivity contribution >= 4 is 63.3 Å². The van der Waals surface area contributed by atoms with Crippen LogP contribution in [0.4, 0.5) is 5.69 Å². The van der Waals surface area contributed by atoms with Gasteiger partial charge in [-0.15, -0.1) is 0 Å². The largest absolute Gasteiger partial charge is 0.350 e. The molecular weight excluding hydrogens is 462 g/mol. The van der Waals surface area contributed by atoms with Crippen LogP contribution in [0.15, 0.2) is 59.3 Å². The second kappa shape index (κ2) is 7.13. The molecule has 0 saturated carbocycles. The molecule has 3 rings (SSSR count). The van der Waals surface area contributed by atoms with Crippen LogP contribution in [-0.4, -0.2) is 16.7 Å². The lowest BCUT2D eigenvalue weighted by Gasteiger charge is -2.16. The second-order valence-corrected chi connectivity index (χ2v) is 7.14. The molecule has 1 heterocycles. The number of anilines is 1. The lowest BCUT2D eigenvalue weighted by molar-refractivity contribution is -0.138. The molecule has 0 aromatic heterocycles. The van der Waals surface area contributed by atoms with Crippen molar-refractivity contribution in [3.63, 3.8) is 0 Å². The predicted molar refractivity (Wildman–Crippen MR) is 103 cm³/mol. The fraction of sp³-hybridized carbons (Fsp3) is 0.0588. The second-order valence-electron chi connectivity index (χ2n) is 5.11. The van der Waals surface area contributed by atoms with Crippen LogP contribution in [0.3, 0.4) is 0 Å². The Morgan fingerprint density at radius 3 is 2.46 bits per heavy atom. The quantitative estimate of drug-likeness (QED) is 0.530. The monoisotopic (exact) mass is 472 g/mol. The third-order valence-electron chi connectivity index (χ3n) is 3.49. The Labute approximate surface area is 162 Å². The van der Waals surface area contributed by atoms with Crippen molar-refractivity contribution in [3.05, 3.63) is 73.4 Å². The zero-order valence-corrected chi connectivity index (χ0v) is 15.9. The first-order chi connectivity index (χ1) is 11.5. The Balaban J connectivity index is 1.84. The van der Waals surface area contributed by atoms with Crippen LogP contribution in [0.25, 0.3) is 0 Å². The van der Waals surface area contributed by atoms with Crippen LogP contribution in [0.1, 0.15) is 5.56 Å². The fourth-order valence-corrected chi connectivity index (χ4v) is 3.27. The normalized spacial score (nSPS) is 14.5. The standard InChI is InChI=1S/C17H11Cl2IN2O2/c18-13-7-2-1-4-10(13)9-22-16(23)14(19)15(17(22)24)21-12-6-3-5-11(20)8-12/h1-8,21H,9H2. The van der Waals surface area contributed by atoms with Gasteiger partial charge in [-0.25, -0.2) is 0 Å². The van der Waals surface area contributed by atoms with E-state index in [1.807, 2.05) is 18.2 Å². The van der Waals surface area contributed by atoms with Gasteiger partial charge in [0.15, 0.2) is 0 Å². The van der Waals surface area contributed by atoms with Crippen LogP contribution >= 0.6 is 45.8 Å². The van der Waals surface area contributed by atoms with Crippen molar-refractivity contribution in [1.29, 1.82) is 0 Å². The van der Waals surface area contributed by atoms with Crippen molar-refractivity contribution < 1.29 is 9.59 Å². The molecule has 1 N–H and O–H groups in total. The van der Waals surface area contributed by atoms with E-state index in [9.17, 15) is 9.59 Å². The van der Waals surface area contributed by atoms with Crippen LogP contribution in [0, 0.1) is 3.57 Å². The molecule has 7 heteroatoms. The molecule has 0 bridgehead atoms.